The van der Waals surface area contributed by atoms with Crippen LogP contribution in [0.15, 0.2) is 66.7 Å². The predicted octanol–water partition coefficient (Wildman–Crippen LogP) is 6.07. The number of piperidine rings is 1. The topological polar surface area (TPSA) is 110 Å². The Kier molecular flexibility index (Phi) is 10.6. The third kappa shape index (κ3) is 7.47. The van der Waals surface area contributed by atoms with E-state index in [4.69, 9.17) is 19.2 Å². The molecule has 4 heterocycles. The molecule has 10 nitrogen and oxygen atoms in total. The Morgan fingerprint density at radius 2 is 1.78 bits per heavy atom. The van der Waals surface area contributed by atoms with Crippen LogP contribution in [0.25, 0.3) is 22.2 Å². The van der Waals surface area contributed by atoms with Crippen LogP contribution in [0.1, 0.15) is 71.1 Å². The summed E-state index contributed by atoms with van der Waals surface area (Å²) >= 11 is 0. The van der Waals surface area contributed by atoms with Gasteiger partial charge in [0.15, 0.2) is 0 Å². The van der Waals surface area contributed by atoms with Crippen molar-refractivity contribution in [3.8, 4) is 22.8 Å². The standard InChI is InChI=1S/C41H50N4O6/c1-3-50-40(48)41-26-29(41)17-11-5-4-6-12-18-35(44-21-13-8-14-22-44)39(47)45-27-31(24-36(45)38(46)43-41)51-37-25-33(28-15-9-7-10-16-28)42-34-23-30(49-2)19-20-32(34)37/h7,9-11,15-17,19-20,23,25,29,31,35-36H,3-6,8,12-14,18,21-22,24,26-27H2,1-2H3,(H,43,46)/b17-11-/t29?,31-,35+,36+,41?/m1/s1. The van der Waals surface area contributed by atoms with Gasteiger partial charge < -0.3 is 24.4 Å². The molecule has 0 spiro atoms. The minimum atomic E-state index is -1.12. The first-order chi connectivity index (χ1) is 24.9. The number of aromatic nitrogens is 1. The van der Waals surface area contributed by atoms with E-state index in [0.717, 1.165) is 80.2 Å². The first-order valence-corrected chi connectivity index (χ1v) is 18.8. The molecule has 2 aromatic carbocycles. The number of methoxy groups -OCH3 is 1. The lowest BCUT2D eigenvalue weighted by Gasteiger charge is -2.37. The molecule has 3 aromatic rings. The van der Waals surface area contributed by atoms with Gasteiger partial charge in [0.05, 0.1) is 37.5 Å². The van der Waals surface area contributed by atoms with Gasteiger partial charge in [0.25, 0.3) is 0 Å². The summed E-state index contributed by atoms with van der Waals surface area (Å²) in [5, 5.41) is 3.93. The van der Waals surface area contributed by atoms with Crippen molar-refractivity contribution in [2.45, 2.75) is 94.9 Å². The van der Waals surface area contributed by atoms with Crippen LogP contribution in [0.5, 0.6) is 11.5 Å². The number of carbonyl (C=O) groups is 3. The molecule has 2 amide bonds. The molecule has 1 aliphatic carbocycles. The van der Waals surface area contributed by atoms with Crippen LogP contribution >= 0.6 is 0 Å². The molecule has 5 atom stereocenters. The number of nitrogens with one attached hydrogen (secondary N) is 1. The molecule has 0 radical (unpaired) electrons. The zero-order valence-corrected chi connectivity index (χ0v) is 29.9. The maximum Gasteiger partial charge on any atom is 0.332 e. The van der Waals surface area contributed by atoms with Crippen LogP contribution in [0.4, 0.5) is 0 Å². The summed E-state index contributed by atoms with van der Waals surface area (Å²) in [5.41, 5.74) is 1.31. The maximum absolute atomic E-state index is 14.8. The molecule has 1 N–H and O–H groups in total. The van der Waals surface area contributed by atoms with E-state index in [2.05, 4.69) is 22.4 Å². The molecular weight excluding hydrogens is 644 g/mol. The number of fused-ring (bicyclic) bond motifs is 3. The van der Waals surface area contributed by atoms with E-state index < -0.39 is 23.7 Å². The largest absolute Gasteiger partial charge is 0.497 e. The van der Waals surface area contributed by atoms with Gasteiger partial charge in [0.1, 0.15) is 29.2 Å². The van der Waals surface area contributed by atoms with Gasteiger partial charge in [0.2, 0.25) is 11.8 Å². The molecule has 4 aliphatic rings. The number of likely N-dealkylation sites (tertiary alicyclic amines) is 1. The van der Waals surface area contributed by atoms with Crippen LogP contribution in [0.3, 0.4) is 0 Å². The molecule has 1 aromatic heterocycles. The van der Waals surface area contributed by atoms with Crippen LogP contribution in [-0.2, 0) is 19.1 Å². The Balaban J connectivity index is 1.23. The van der Waals surface area contributed by atoms with Gasteiger partial charge in [-0.15, -0.1) is 0 Å². The Labute approximate surface area is 300 Å². The monoisotopic (exact) mass is 694 g/mol. The highest BCUT2D eigenvalue weighted by Crippen LogP contribution is 2.46. The average molecular weight is 695 g/mol. The number of carbonyl (C=O) groups excluding carboxylic acids is 3. The molecule has 0 bridgehead atoms. The highest BCUT2D eigenvalue weighted by molar-refractivity contribution is 5.96. The molecule has 10 heteroatoms. The average Bonchev–Trinajstić information content (AvgIpc) is 3.69. The van der Waals surface area contributed by atoms with Gasteiger partial charge in [-0.05, 0) is 70.7 Å². The Hall–Kier alpha value is -4.44. The third-order valence-corrected chi connectivity index (χ3v) is 11.0. The number of nitrogens with zero attached hydrogens (tertiary/aromatic N) is 3. The number of ether oxygens (including phenoxy) is 3. The van der Waals surface area contributed by atoms with Crippen LogP contribution in [-0.4, -0.2) is 89.6 Å². The van der Waals surface area contributed by atoms with Crippen molar-refractivity contribution in [1.82, 2.24) is 20.1 Å². The van der Waals surface area contributed by atoms with Crippen molar-refractivity contribution in [3.63, 3.8) is 0 Å². The summed E-state index contributed by atoms with van der Waals surface area (Å²) in [7, 11) is 1.63. The van der Waals surface area contributed by atoms with Gasteiger partial charge in [-0.25, -0.2) is 9.78 Å². The van der Waals surface area contributed by atoms with Crippen molar-refractivity contribution in [2.24, 2.45) is 5.92 Å². The molecule has 3 fully saturated rings. The summed E-state index contributed by atoms with van der Waals surface area (Å²) in [6, 6.07) is 16.5. The van der Waals surface area contributed by atoms with E-state index in [-0.39, 0.29) is 36.9 Å². The zero-order valence-electron chi connectivity index (χ0n) is 29.9. The van der Waals surface area contributed by atoms with Crippen molar-refractivity contribution in [2.75, 3.05) is 33.4 Å². The number of amides is 2. The number of hydrogen-bond acceptors (Lipinski definition) is 8. The number of rotatable bonds is 7. The van der Waals surface area contributed by atoms with Crippen molar-refractivity contribution >= 4 is 28.7 Å². The van der Waals surface area contributed by atoms with E-state index in [0.29, 0.717) is 24.3 Å². The van der Waals surface area contributed by atoms with Crippen LogP contribution < -0.4 is 14.8 Å². The fraction of sp³-hybridized carbons (Fsp3) is 0.512. The number of hydrogen-bond donors (Lipinski definition) is 1. The summed E-state index contributed by atoms with van der Waals surface area (Å²) in [5.74, 6) is 0.404. The summed E-state index contributed by atoms with van der Waals surface area (Å²) in [6.07, 6.45) is 12.5. The molecule has 51 heavy (non-hydrogen) atoms. The summed E-state index contributed by atoms with van der Waals surface area (Å²) in [6.45, 7) is 4.03. The first-order valence-electron chi connectivity index (χ1n) is 18.8. The molecular formula is C41H50N4O6. The fourth-order valence-electron chi connectivity index (χ4n) is 8.15. The molecule has 2 saturated heterocycles. The Morgan fingerprint density at radius 3 is 2.57 bits per heavy atom. The lowest BCUT2D eigenvalue weighted by atomic mass is 10.0. The SMILES string of the molecule is CCOC(=O)C12CC1/C=C\CCCCC[C@H](N1CCCCC1)C(=O)N1C[C@H](Oc3cc(-c4ccccc4)nc4cc(OC)ccc34)C[C@H]1C(=O)N2. The molecule has 3 aliphatic heterocycles. The van der Waals surface area contributed by atoms with Gasteiger partial charge in [0, 0.05) is 35.4 Å². The van der Waals surface area contributed by atoms with Crippen molar-refractivity contribution < 1.29 is 28.6 Å². The number of allylic oxidation sites excluding steroid dienone is 1. The second kappa shape index (κ2) is 15.4. The maximum atomic E-state index is 14.8. The van der Waals surface area contributed by atoms with E-state index in [1.54, 1.807) is 18.9 Å². The van der Waals surface area contributed by atoms with Gasteiger partial charge in [-0.2, -0.15) is 0 Å². The number of benzene rings is 2. The molecule has 7 rings (SSSR count). The van der Waals surface area contributed by atoms with Gasteiger partial charge in [-0.1, -0.05) is 61.7 Å². The molecule has 1 saturated carbocycles. The number of esters is 1. The van der Waals surface area contributed by atoms with Crippen LogP contribution in [0.2, 0.25) is 0 Å². The zero-order chi connectivity index (χ0) is 35.4. The molecule has 270 valence electrons. The Bertz CT molecular complexity index is 1760. The quantitative estimate of drug-likeness (QED) is 0.235. The van der Waals surface area contributed by atoms with E-state index >= 15 is 0 Å². The van der Waals surface area contributed by atoms with Crippen molar-refractivity contribution in [3.05, 3.63) is 66.7 Å². The van der Waals surface area contributed by atoms with Crippen molar-refractivity contribution in [1.29, 1.82) is 0 Å². The normalized spacial score (nSPS) is 28.1. The highest BCUT2D eigenvalue weighted by atomic mass is 16.5. The fourth-order valence-corrected chi connectivity index (χ4v) is 8.15. The minimum absolute atomic E-state index is 0.0250. The van der Waals surface area contributed by atoms with E-state index in [9.17, 15) is 14.4 Å². The highest BCUT2D eigenvalue weighted by Gasteiger charge is 2.62. The second-order valence-corrected chi connectivity index (χ2v) is 14.4. The minimum Gasteiger partial charge on any atom is -0.497 e. The first kappa shape index (κ1) is 35.0. The second-order valence-electron chi connectivity index (χ2n) is 14.4. The van der Waals surface area contributed by atoms with E-state index in [1.807, 2.05) is 54.6 Å². The number of pyridine rings is 1. The van der Waals surface area contributed by atoms with E-state index in [1.165, 1.54) is 6.42 Å². The van der Waals surface area contributed by atoms with Crippen LogP contribution in [0, 0.1) is 5.92 Å². The summed E-state index contributed by atoms with van der Waals surface area (Å²) < 4.78 is 17.8. The lowest BCUT2D eigenvalue weighted by molar-refractivity contribution is -0.150. The van der Waals surface area contributed by atoms with Gasteiger partial charge in [-0.3, -0.25) is 14.5 Å². The summed E-state index contributed by atoms with van der Waals surface area (Å²) in [4.78, 5) is 51.5. The van der Waals surface area contributed by atoms with Gasteiger partial charge >= 0.3 is 5.97 Å². The smallest absolute Gasteiger partial charge is 0.332 e. The Morgan fingerprint density at radius 1 is 0.980 bits per heavy atom. The predicted molar refractivity (Wildman–Crippen MR) is 195 cm³/mol. The third-order valence-electron chi connectivity index (χ3n) is 11.0. The lowest BCUT2D eigenvalue weighted by Crippen LogP contribution is -2.57. The molecule has 2 unspecified atom stereocenters.